The Labute approximate surface area is 136 Å². The van der Waals surface area contributed by atoms with Gasteiger partial charge in [0.15, 0.2) is 0 Å². The topological polar surface area (TPSA) is 83.0 Å². The summed E-state index contributed by atoms with van der Waals surface area (Å²) in [5, 5.41) is 17.0. The van der Waals surface area contributed by atoms with Crippen molar-refractivity contribution < 1.29 is 14.3 Å². The fourth-order valence-corrected chi connectivity index (χ4v) is 2.71. The second-order valence-corrected chi connectivity index (χ2v) is 5.52. The Morgan fingerprint density at radius 2 is 1.88 bits per heavy atom. The minimum atomic E-state index is -1.28. The summed E-state index contributed by atoms with van der Waals surface area (Å²) in [5.41, 5.74) is 0.993. The first-order chi connectivity index (χ1) is 11.6. The SMILES string of the molecule is O=C(O)c1cc(CCCc2n[nH]c(=O)c3ccccc23)ccc1F. The number of hydrogen-bond donors (Lipinski definition) is 2. The molecular weight excluding hydrogens is 311 g/mol. The fraction of sp³-hybridized carbons (Fsp3) is 0.167. The average molecular weight is 326 g/mol. The molecule has 0 aliphatic heterocycles. The molecule has 1 aromatic heterocycles. The molecule has 0 amide bonds. The molecule has 0 saturated heterocycles. The third-order valence-electron chi connectivity index (χ3n) is 3.92. The Bertz CT molecular complexity index is 966. The van der Waals surface area contributed by atoms with Gasteiger partial charge in [0.05, 0.1) is 16.6 Å². The maximum atomic E-state index is 13.4. The zero-order valence-electron chi connectivity index (χ0n) is 12.8. The fourth-order valence-electron chi connectivity index (χ4n) is 2.71. The third-order valence-corrected chi connectivity index (χ3v) is 3.92. The predicted molar refractivity (Wildman–Crippen MR) is 87.7 cm³/mol. The van der Waals surface area contributed by atoms with Gasteiger partial charge in [-0.1, -0.05) is 24.3 Å². The summed E-state index contributed by atoms with van der Waals surface area (Å²) in [5.74, 6) is -2.01. The lowest BCUT2D eigenvalue weighted by molar-refractivity contribution is 0.0691. The van der Waals surface area contributed by atoms with Gasteiger partial charge in [0.1, 0.15) is 5.82 Å². The normalized spacial score (nSPS) is 10.9. The van der Waals surface area contributed by atoms with Crippen LogP contribution in [0.5, 0.6) is 0 Å². The maximum Gasteiger partial charge on any atom is 0.338 e. The lowest BCUT2D eigenvalue weighted by Gasteiger charge is -2.06. The molecule has 0 atom stereocenters. The zero-order valence-corrected chi connectivity index (χ0v) is 12.8. The molecule has 0 radical (unpaired) electrons. The lowest BCUT2D eigenvalue weighted by atomic mass is 10.0. The number of carboxylic acids is 1. The number of halogens is 1. The summed E-state index contributed by atoms with van der Waals surface area (Å²) in [4.78, 5) is 22.7. The van der Waals surface area contributed by atoms with Gasteiger partial charge in [-0.15, -0.1) is 0 Å². The van der Waals surface area contributed by atoms with Gasteiger partial charge in [-0.05, 0) is 43.0 Å². The van der Waals surface area contributed by atoms with Crippen LogP contribution in [-0.2, 0) is 12.8 Å². The van der Waals surface area contributed by atoms with E-state index in [1.54, 1.807) is 18.2 Å². The summed E-state index contributed by atoms with van der Waals surface area (Å²) < 4.78 is 13.4. The highest BCUT2D eigenvalue weighted by molar-refractivity contribution is 5.88. The van der Waals surface area contributed by atoms with Crippen molar-refractivity contribution in [3.05, 3.63) is 75.5 Å². The molecule has 0 unspecified atom stereocenters. The number of hydrogen-bond acceptors (Lipinski definition) is 3. The van der Waals surface area contributed by atoms with Gasteiger partial charge in [0, 0.05) is 5.39 Å². The van der Waals surface area contributed by atoms with Gasteiger partial charge < -0.3 is 5.11 Å². The van der Waals surface area contributed by atoms with E-state index in [0.717, 1.165) is 16.6 Å². The first-order valence-electron chi connectivity index (χ1n) is 7.54. The molecule has 3 aromatic rings. The van der Waals surface area contributed by atoms with Crippen LogP contribution >= 0.6 is 0 Å². The van der Waals surface area contributed by atoms with Gasteiger partial charge in [-0.3, -0.25) is 4.79 Å². The van der Waals surface area contributed by atoms with Crippen molar-refractivity contribution in [2.75, 3.05) is 0 Å². The smallest absolute Gasteiger partial charge is 0.338 e. The second-order valence-electron chi connectivity index (χ2n) is 5.52. The summed E-state index contributed by atoms with van der Waals surface area (Å²) in [7, 11) is 0. The molecule has 24 heavy (non-hydrogen) atoms. The highest BCUT2D eigenvalue weighted by atomic mass is 19.1. The van der Waals surface area contributed by atoms with E-state index in [2.05, 4.69) is 10.2 Å². The number of fused-ring (bicyclic) bond motifs is 1. The van der Waals surface area contributed by atoms with Gasteiger partial charge in [-0.2, -0.15) is 5.10 Å². The molecule has 5 nitrogen and oxygen atoms in total. The Morgan fingerprint density at radius 1 is 1.12 bits per heavy atom. The quantitative estimate of drug-likeness (QED) is 0.755. The van der Waals surface area contributed by atoms with E-state index in [1.807, 2.05) is 12.1 Å². The molecule has 6 heteroatoms. The standard InChI is InChI=1S/C18H15FN2O3/c19-15-9-8-11(10-14(15)18(23)24)4-3-7-16-12-5-1-2-6-13(12)17(22)21-20-16/h1-2,5-6,8-10H,3-4,7H2,(H,21,22)(H,23,24). The maximum absolute atomic E-state index is 13.4. The van der Waals surface area contributed by atoms with E-state index in [1.165, 1.54) is 12.1 Å². The van der Waals surface area contributed by atoms with Crippen LogP contribution in [-0.4, -0.2) is 21.3 Å². The molecule has 0 aliphatic rings. The summed E-state index contributed by atoms with van der Waals surface area (Å²) in [6, 6.07) is 11.4. The number of carboxylic acid groups (broad SMARTS) is 1. The van der Waals surface area contributed by atoms with Crippen molar-refractivity contribution in [3.8, 4) is 0 Å². The van der Waals surface area contributed by atoms with E-state index in [-0.39, 0.29) is 11.1 Å². The Morgan fingerprint density at radius 3 is 2.62 bits per heavy atom. The average Bonchev–Trinajstić information content (AvgIpc) is 2.58. The van der Waals surface area contributed by atoms with Crippen molar-refractivity contribution >= 4 is 16.7 Å². The number of nitrogens with zero attached hydrogens (tertiary/aromatic N) is 1. The third kappa shape index (κ3) is 3.17. The molecule has 2 N–H and O–H groups in total. The largest absolute Gasteiger partial charge is 0.478 e. The van der Waals surface area contributed by atoms with Gasteiger partial charge in [0.2, 0.25) is 0 Å². The molecule has 0 fully saturated rings. The first kappa shape index (κ1) is 15.9. The zero-order chi connectivity index (χ0) is 17.1. The number of carbonyl (C=O) groups is 1. The minimum absolute atomic E-state index is 0.223. The number of nitrogens with one attached hydrogen (secondary N) is 1. The number of H-pyrrole nitrogens is 1. The lowest BCUT2D eigenvalue weighted by Crippen LogP contribution is -2.11. The number of rotatable bonds is 5. The van der Waals surface area contributed by atoms with E-state index in [4.69, 9.17) is 5.11 Å². The number of aromatic carboxylic acids is 1. The number of aryl methyl sites for hydroxylation is 2. The molecule has 0 saturated carbocycles. The molecule has 2 aromatic carbocycles. The summed E-state index contributed by atoms with van der Waals surface area (Å²) in [6.07, 6.45) is 1.92. The molecule has 3 rings (SSSR count). The monoisotopic (exact) mass is 326 g/mol. The van der Waals surface area contributed by atoms with Gasteiger partial charge >= 0.3 is 5.97 Å². The number of aromatic nitrogens is 2. The van der Waals surface area contributed by atoms with Crippen LogP contribution in [0.25, 0.3) is 10.8 Å². The van der Waals surface area contributed by atoms with Crippen LogP contribution < -0.4 is 5.56 Å². The first-order valence-corrected chi connectivity index (χ1v) is 7.54. The van der Waals surface area contributed by atoms with Crippen molar-refractivity contribution in [2.45, 2.75) is 19.3 Å². The Kier molecular flexibility index (Phi) is 4.37. The Balaban J connectivity index is 1.76. The van der Waals surface area contributed by atoms with E-state index in [9.17, 15) is 14.0 Å². The molecular formula is C18H15FN2O3. The van der Waals surface area contributed by atoms with Crippen LogP contribution in [0.4, 0.5) is 4.39 Å². The van der Waals surface area contributed by atoms with E-state index < -0.39 is 11.8 Å². The van der Waals surface area contributed by atoms with Crippen LogP contribution in [0.2, 0.25) is 0 Å². The molecule has 1 heterocycles. The van der Waals surface area contributed by atoms with Gasteiger partial charge in [-0.25, -0.2) is 14.3 Å². The van der Waals surface area contributed by atoms with Crippen molar-refractivity contribution in [1.82, 2.24) is 10.2 Å². The summed E-state index contributed by atoms with van der Waals surface area (Å²) >= 11 is 0. The minimum Gasteiger partial charge on any atom is -0.478 e. The summed E-state index contributed by atoms with van der Waals surface area (Å²) in [6.45, 7) is 0. The highest BCUT2D eigenvalue weighted by Gasteiger charge is 2.11. The van der Waals surface area contributed by atoms with E-state index >= 15 is 0 Å². The van der Waals surface area contributed by atoms with Crippen molar-refractivity contribution in [3.63, 3.8) is 0 Å². The van der Waals surface area contributed by atoms with Crippen molar-refractivity contribution in [2.24, 2.45) is 0 Å². The predicted octanol–water partition coefficient (Wildman–Crippen LogP) is 2.94. The molecule has 0 spiro atoms. The van der Waals surface area contributed by atoms with Crippen LogP contribution in [0.1, 0.15) is 28.0 Å². The molecule has 0 aliphatic carbocycles. The van der Waals surface area contributed by atoms with Crippen LogP contribution in [0, 0.1) is 5.82 Å². The molecule has 122 valence electrons. The second kappa shape index (κ2) is 6.62. The van der Waals surface area contributed by atoms with Crippen LogP contribution in [0.15, 0.2) is 47.3 Å². The Hall–Kier alpha value is -3.02. The van der Waals surface area contributed by atoms with Gasteiger partial charge in [0.25, 0.3) is 5.56 Å². The van der Waals surface area contributed by atoms with Crippen molar-refractivity contribution in [1.29, 1.82) is 0 Å². The molecule has 0 bridgehead atoms. The van der Waals surface area contributed by atoms with E-state index in [0.29, 0.717) is 24.6 Å². The van der Waals surface area contributed by atoms with Crippen LogP contribution in [0.3, 0.4) is 0 Å². The number of aromatic amines is 1. The highest BCUT2D eigenvalue weighted by Crippen LogP contribution is 2.16. The number of benzene rings is 2.